The summed E-state index contributed by atoms with van der Waals surface area (Å²) in [6.45, 7) is 0. The molecule has 0 aliphatic heterocycles. The number of carboxylic acids is 2. The fourth-order valence-electron chi connectivity index (χ4n) is 1.77. The molecule has 0 aliphatic rings. The number of aromatic carboxylic acids is 2. The second-order valence-corrected chi connectivity index (χ2v) is 4.19. The van der Waals surface area contributed by atoms with Gasteiger partial charge < -0.3 is 15.5 Å². The Balaban J connectivity index is 2.40. The number of rotatable bonds is 4. The number of hydrogen-bond donors (Lipinski definition) is 3. The highest BCUT2D eigenvalue weighted by Crippen LogP contribution is 2.15. The monoisotopic (exact) mass is 285 g/mol. The number of anilines is 1. The number of carbonyl (C=O) groups is 3. The number of amides is 1. The van der Waals surface area contributed by atoms with Crippen LogP contribution in [-0.4, -0.2) is 28.1 Å². The molecule has 2 aromatic carbocycles. The van der Waals surface area contributed by atoms with Crippen LogP contribution < -0.4 is 5.32 Å². The third-order valence-corrected chi connectivity index (χ3v) is 2.77. The molecule has 0 saturated carbocycles. The van der Waals surface area contributed by atoms with E-state index in [9.17, 15) is 14.4 Å². The number of nitrogens with one attached hydrogen (secondary N) is 1. The van der Waals surface area contributed by atoms with E-state index in [0.29, 0.717) is 5.69 Å². The second kappa shape index (κ2) is 5.87. The Labute approximate surface area is 119 Å². The lowest BCUT2D eigenvalue weighted by Crippen LogP contribution is -2.17. The average Bonchev–Trinajstić information content (AvgIpc) is 2.47. The molecule has 0 radical (unpaired) electrons. The molecule has 0 fully saturated rings. The van der Waals surface area contributed by atoms with E-state index in [2.05, 4.69) is 5.32 Å². The molecule has 6 heteroatoms. The van der Waals surface area contributed by atoms with E-state index in [-0.39, 0.29) is 16.7 Å². The lowest BCUT2D eigenvalue weighted by molar-refractivity contribution is 0.0679. The minimum atomic E-state index is -1.30. The van der Waals surface area contributed by atoms with Gasteiger partial charge in [-0.15, -0.1) is 0 Å². The van der Waals surface area contributed by atoms with Gasteiger partial charge in [-0.05, 0) is 30.3 Å². The van der Waals surface area contributed by atoms with Gasteiger partial charge in [0.25, 0.3) is 5.91 Å². The Kier molecular flexibility index (Phi) is 3.99. The summed E-state index contributed by atoms with van der Waals surface area (Å²) in [6, 6.07) is 11.8. The molecule has 106 valence electrons. The maximum absolute atomic E-state index is 12.1. The van der Waals surface area contributed by atoms with Crippen molar-refractivity contribution in [2.24, 2.45) is 0 Å². The van der Waals surface area contributed by atoms with Crippen LogP contribution in [0.4, 0.5) is 5.69 Å². The molecule has 3 N–H and O–H groups in total. The Morgan fingerprint density at radius 1 is 0.810 bits per heavy atom. The number of carbonyl (C=O) groups excluding carboxylic acids is 1. The topological polar surface area (TPSA) is 104 Å². The second-order valence-electron chi connectivity index (χ2n) is 4.19. The van der Waals surface area contributed by atoms with Gasteiger partial charge in [-0.25, -0.2) is 9.59 Å². The maximum atomic E-state index is 12.1. The van der Waals surface area contributed by atoms with Crippen LogP contribution >= 0.6 is 0 Å². The largest absolute Gasteiger partial charge is 0.478 e. The Morgan fingerprint density at radius 2 is 1.48 bits per heavy atom. The van der Waals surface area contributed by atoms with Gasteiger partial charge in [-0.1, -0.05) is 18.2 Å². The van der Waals surface area contributed by atoms with Crippen LogP contribution in [0.3, 0.4) is 0 Å². The van der Waals surface area contributed by atoms with E-state index < -0.39 is 17.8 Å². The van der Waals surface area contributed by atoms with Crippen LogP contribution in [-0.2, 0) is 0 Å². The summed E-state index contributed by atoms with van der Waals surface area (Å²) >= 11 is 0. The van der Waals surface area contributed by atoms with Crippen LogP contribution in [0.5, 0.6) is 0 Å². The Hall–Kier alpha value is -3.15. The van der Waals surface area contributed by atoms with Gasteiger partial charge in [0, 0.05) is 5.69 Å². The summed E-state index contributed by atoms with van der Waals surface area (Å²) < 4.78 is 0. The molecule has 2 rings (SSSR count). The van der Waals surface area contributed by atoms with E-state index in [0.717, 1.165) is 18.2 Å². The molecule has 6 nitrogen and oxygen atoms in total. The zero-order chi connectivity index (χ0) is 15.4. The predicted molar refractivity (Wildman–Crippen MR) is 74.8 cm³/mol. The molecule has 0 aromatic heterocycles. The average molecular weight is 285 g/mol. The Bertz CT molecular complexity index is 709. The summed E-state index contributed by atoms with van der Waals surface area (Å²) in [7, 11) is 0. The van der Waals surface area contributed by atoms with Crippen LogP contribution in [0.1, 0.15) is 31.1 Å². The van der Waals surface area contributed by atoms with Crippen molar-refractivity contribution in [2.45, 2.75) is 0 Å². The molecular formula is C15H11NO5. The highest BCUT2D eigenvalue weighted by atomic mass is 16.4. The highest BCUT2D eigenvalue weighted by Gasteiger charge is 2.19. The van der Waals surface area contributed by atoms with E-state index in [1.54, 1.807) is 30.3 Å². The molecule has 21 heavy (non-hydrogen) atoms. The fraction of sp³-hybridized carbons (Fsp3) is 0. The molecular weight excluding hydrogens is 274 g/mol. The minimum absolute atomic E-state index is 0.154. The molecule has 1 amide bonds. The van der Waals surface area contributed by atoms with Gasteiger partial charge in [0.2, 0.25) is 0 Å². The third kappa shape index (κ3) is 3.24. The van der Waals surface area contributed by atoms with E-state index in [4.69, 9.17) is 10.2 Å². The lowest BCUT2D eigenvalue weighted by Gasteiger charge is -2.08. The van der Waals surface area contributed by atoms with E-state index in [1.165, 1.54) is 0 Å². The van der Waals surface area contributed by atoms with Gasteiger partial charge in [-0.3, -0.25) is 4.79 Å². The molecule has 0 bridgehead atoms. The van der Waals surface area contributed by atoms with Crippen molar-refractivity contribution in [3.8, 4) is 0 Å². The highest BCUT2D eigenvalue weighted by molar-refractivity contribution is 6.11. The molecule has 0 atom stereocenters. The quantitative estimate of drug-likeness (QED) is 0.799. The molecule has 0 spiro atoms. The molecule has 0 saturated heterocycles. The standard InChI is InChI=1S/C15H11NO5/c17-13(16-10-4-2-1-3-5-10)12-8-9(14(18)19)6-7-11(12)15(20)21/h1-8H,(H,16,17)(H,18,19)(H,20,21). The number of hydrogen-bond acceptors (Lipinski definition) is 3. The van der Waals surface area contributed by atoms with Gasteiger partial charge in [0.05, 0.1) is 16.7 Å². The molecule has 0 aliphatic carbocycles. The van der Waals surface area contributed by atoms with Gasteiger partial charge in [0.1, 0.15) is 0 Å². The SMILES string of the molecule is O=C(O)c1ccc(C(=O)O)c(C(=O)Nc2ccccc2)c1. The number of benzene rings is 2. The predicted octanol–water partition coefficient (Wildman–Crippen LogP) is 2.34. The summed E-state index contributed by atoms with van der Waals surface area (Å²) in [6.07, 6.45) is 0. The normalized spacial score (nSPS) is 9.90. The van der Waals surface area contributed by atoms with Crippen molar-refractivity contribution in [1.82, 2.24) is 0 Å². The first kappa shape index (κ1) is 14.3. The van der Waals surface area contributed by atoms with E-state index >= 15 is 0 Å². The summed E-state index contributed by atoms with van der Waals surface area (Å²) in [5, 5.41) is 20.5. The fourth-order valence-corrected chi connectivity index (χ4v) is 1.77. The molecule has 2 aromatic rings. The van der Waals surface area contributed by atoms with Crippen molar-refractivity contribution in [3.05, 3.63) is 65.2 Å². The minimum Gasteiger partial charge on any atom is -0.478 e. The zero-order valence-corrected chi connectivity index (χ0v) is 10.7. The summed E-state index contributed by atoms with van der Waals surface area (Å²) in [5.41, 5.74) is -0.127. The van der Waals surface area contributed by atoms with E-state index in [1.807, 2.05) is 0 Å². The van der Waals surface area contributed by atoms with Crippen molar-refractivity contribution in [2.75, 3.05) is 5.32 Å². The summed E-state index contributed by atoms with van der Waals surface area (Å²) in [5.74, 6) is -3.22. The smallest absolute Gasteiger partial charge is 0.336 e. The van der Waals surface area contributed by atoms with Crippen LogP contribution in [0.25, 0.3) is 0 Å². The first-order chi connectivity index (χ1) is 9.99. The third-order valence-electron chi connectivity index (χ3n) is 2.77. The van der Waals surface area contributed by atoms with Crippen LogP contribution in [0.2, 0.25) is 0 Å². The number of carboxylic acid groups (broad SMARTS) is 2. The first-order valence-electron chi connectivity index (χ1n) is 5.96. The molecule has 0 unspecified atom stereocenters. The van der Waals surface area contributed by atoms with Crippen molar-refractivity contribution < 1.29 is 24.6 Å². The van der Waals surface area contributed by atoms with Crippen LogP contribution in [0, 0.1) is 0 Å². The summed E-state index contributed by atoms with van der Waals surface area (Å²) in [4.78, 5) is 34.2. The van der Waals surface area contributed by atoms with Gasteiger partial charge in [0.15, 0.2) is 0 Å². The van der Waals surface area contributed by atoms with Gasteiger partial charge >= 0.3 is 11.9 Å². The zero-order valence-electron chi connectivity index (χ0n) is 10.7. The number of para-hydroxylation sites is 1. The maximum Gasteiger partial charge on any atom is 0.336 e. The van der Waals surface area contributed by atoms with Crippen molar-refractivity contribution in [3.63, 3.8) is 0 Å². The van der Waals surface area contributed by atoms with Gasteiger partial charge in [-0.2, -0.15) is 0 Å². The first-order valence-corrected chi connectivity index (χ1v) is 5.96. The van der Waals surface area contributed by atoms with Crippen molar-refractivity contribution >= 4 is 23.5 Å². The lowest BCUT2D eigenvalue weighted by atomic mass is 10.0. The van der Waals surface area contributed by atoms with Crippen molar-refractivity contribution in [1.29, 1.82) is 0 Å². The molecule has 0 heterocycles. The van der Waals surface area contributed by atoms with Crippen LogP contribution in [0.15, 0.2) is 48.5 Å². The Morgan fingerprint density at radius 3 is 2.05 bits per heavy atom.